The van der Waals surface area contributed by atoms with Gasteiger partial charge in [0, 0.05) is 45.2 Å². The van der Waals surface area contributed by atoms with E-state index in [4.69, 9.17) is 0 Å². The van der Waals surface area contributed by atoms with Crippen LogP contribution in [0.3, 0.4) is 0 Å². The lowest BCUT2D eigenvalue weighted by atomic mass is 10.0. The molecule has 0 saturated carbocycles. The first-order chi connectivity index (χ1) is 13.0. The number of para-hydroxylation sites is 1. The standard InChI is InChI=1S/C20H29FN4O2/c1-15(26)22-17-5-4-10-25(13-17)20(27)14-24-11-8-16(9-12-24)23-19-7-3-2-6-18(19)21/h2-3,6-7,16-17,23H,4-5,8-14H2,1H3,(H,22,26). The van der Waals surface area contributed by atoms with E-state index in [0.29, 0.717) is 18.8 Å². The number of carbonyl (C=O) groups excluding carboxylic acids is 2. The van der Waals surface area contributed by atoms with Crippen molar-refractivity contribution >= 4 is 17.5 Å². The summed E-state index contributed by atoms with van der Waals surface area (Å²) in [4.78, 5) is 27.9. The highest BCUT2D eigenvalue weighted by Gasteiger charge is 2.27. The van der Waals surface area contributed by atoms with Crippen molar-refractivity contribution in [3.8, 4) is 0 Å². The summed E-state index contributed by atoms with van der Waals surface area (Å²) in [6.07, 6.45) is 3.62. The van der Waals surface area contributed by atoms with Gasteiger partial charge in [-0.1, -0.05) is 12.1 Å². The van der Waals surface area contributed by atoms with Gasteiger partial charge in [-0.15, -0.1) is 0 Å². The first-order valence-corrected chi connectivity index (χ1v) is 9.79. The van der Waals surface area contributed by atoms with E-state index in [0.717, 1.165) is 45.3 Å². The molecule has 0 aromatic heterocycles. The third-order valence-corrected chi connectivity index (χ3v) is 5.36. The van der Waals surface area contributed by atoms with Crippen molar-refractivity contribution < 1.29 is 14.0 Å². The maximum atomic E-state index is 13.8. The fourth-order valence-electron chi connectivity index (χ4n) is 3.93. The van der Waals surface area contributed by atoms with Gasteiger partial charge in [0.2, 0.25) is 11.8 Å². The number of hydrogen-bond acceptors (Lipinski definition) is 4. The van der Waals surface area contributed by atoms with Crippen LogP contribution >= 0.6 is 0 Å². The molecular weight excluding hydrogens is 347 g/mol. The van der Waals surface area contributed by atoms with E-state index >= 15 is 0 Å². The van der Waals surface area contributed by atoms with Crippen molar-refractivity contribution in [1.29, 1.82) is 0 Å². The van der Waals surface area contributed by atoms with E-state index in [-0.39, 0.29) is 29.7 Å². The molecule has 1 aromatic rings. The fourth-order valence-corrected chi connectivity index (χ4v) is 3.93. The largest absolute Gasteiger partial charge is 0.380 e. The van der Waals surface area contributed by atoms with Crippen LogP contribution in [0.1, 0.15) is 32.6 Å². The molecule has 0 spiro atoms. The molecule has 2 aliphatic rings. The normalized spacial score (nSPS) is 21.7. The summed E-state index contributed by atoms with van der Waals surface area (Å²) in [7, 11) is 0. The van der Waals surface area contributed by atoms with Crippen LogP contribution in [0.5, 0.6) is 0 Å². The second-order valence-electron chi connectivity index (χ2n) is 7.55. The molecule has 6 nitrogen and oxygen atoms in total. The summed E-state index contributed by atoms with van der Waals surface area (Å²) in [5.41, 5.74) is 0.546. The molecule has 2 heterocycles. The van der Waals surface area contributed by atoms with Crippen molar-refractivity contribution in [2.45, 2.75) is 44.7 Å². The quantitative estimate of drug-likeness (QED) is 0.823. The topological polar surface area (TPSA) is 64.7 Å². The smallest absolute Gasteiger partial charge is 0.236 e. The molecular formula is C20H29FN4O2. The minimum absolute atomic E-state index is 0.0428. The van der Waals surface area contributed by atoms with Gasteiger partial charge >= 0.3 is 0 Å². The van der Waals surface area contributed by atoms with Crippen LogP contribution in [-0.4, -0.2) is 66.4 Å². The fraction of sp³-hybridized carbons (Fsp3) is 0.600. The lowest BCUT2D eigenvalue weighted by molar-refractivity contribution is -0.134. The SMILES string of the molecule is CC(=O)NC1CCCN(C(=O)CN2CCC(Nc3ccccc3F)CC2)C1. The van der Waals surface area contributed by atoms with Gasteiger partial charge in [0.05, 0.1) is 12.2 Å². The Morgan fingerprint density at radius 2 is 1.85 bits per heavy atom. The second-order valence-corrected chi connectivity index (χ2v) is 7.55. The molecule has 1 aromatic carbocycles. The average Bonchev–Trinajstić information content (AvgIpc) is 2.65. The van der Waals surface area contributed by atoms with E-state index < -0.39 is 0 Å². The zero-order chi connectivity index (χ0) is 19.2. The first-order valence-electron chi connectivity index (χ1n) is 9.79. The highest BCUT2D eigenvalue weighted by atomic mass is 19.1. The number of carbonyl (C=O) groups is 2. The molecule has 2 saturated heterocycles. The van der Waals surface area contributed by atoms with Crippen molar-refractivity contribution in [3.05, 3.63) is 30.1 Å². The number of nitrogens with one attached hydrogen (secondary N) is 2. The number of anilines is 1. The Morgan fingerprint density at radius 1 is 1.11 bits per heavy atom. The van der Waals surface area contributed by atoms with Crippen molar-refractivity contribution in [1.82, 2.24) is 15.1 Å². The maximum absolute atomic E-state index is 13.8. The van der Waals surface area contributed by atoms with Crippen LogP contribution in [0.2, 0.25) is 0 Å². The lowest BCUT2D eigenvalue weighted by Gasteiger charge is -2.36. The van der Waals surface area contributed by atoms with E-state index in [1.54, 1.807) is 12.1 Å². The number of hydrogen-bond donors (Lipinski definition) is 2. The van der Waals surface area contributed by atoms with Crippen LogP contribution in [0.15, 0.2) is 24.3 Å². The zero-order valence-electron chi connectivity index (χ0n) is 15.9. The maximum Gasteiger partial charge on any atom is 0.236 e. The molecule has 2 amide bonds. The molecule has 0 radical (unpaired) electrons. The second kappa shape index (κ2) is 9.17. The average molecular weight is 376 g/mol. The predicted molar refractivity (Wildman–Crippen MR) is 103 cm³/mol. The van der Waals surface area contributed by atoms with Crippen LogP contribution in [0.4, 0.5) is 10.1 Å². The molecule has 0 bridgehead atoms. The third-order valence-electron chi connectivity index (χ3n) is 5.36. The van der Waals surface area contributed by atoms with E-state index in [1.165, 1.54) is 13.0 Å². The molecule has 0 aliphatic carbocycles. The Morgan fingerprint density at radius 3 is 2.56 bits per heavy atom. The Kier molecular flexibility index (Phi) is 6.66. The number of rotatable bonds is 5. The molecule has 148 valence electrons. The van der Waals surface area contributed by atoms with E-state index in [1.807, 2.05) is 11.0 Å². The summed E-state index contributed by atoms with van der Waals surface area (Å²) in [5.74, 6) is -0.141. The van der Waals surface area contributed by atoms with Crippen LogP contribution in [-0.2, 0) is 9.59 Å². The summed E-state index contributed by atoms with van der Waals surface area (Å²) in [5, 5.41) is 6.19. The highest BCUT2D eigenvalue weighted by molar-refractivity contribution is 5.78. The van der Waals surface area contributed by atoms with Gasteiger partial charge in [0.15, 0.2) is 0 Å². The predicted octanol–water partition coefficient (Wildman–Crippen LogP) is 1.83. The van der Waals surface area contributed by atoms with E-state index in [9.17, 15) is 14.0 Å². The van der Waals surface area contributed by atoms with Gasteiger partial charge in [0.25, 0.3) is 0 Å². The molecule has 1 unspecified atom stereocenters. The van der Waals surface area contributed by atoms with Crippen LogP contribution < -0.4 is 10.6 Å². The number of piperidine rings is 2. The Balaban J connectivity index is 1.43. The summed E-state index contributed by atoms with van der Waals surface area (Å²) < 4.78 is 13.8. The summed E-state index contributed by atoms with van der Waals surface area (Å²) >= 11 is 0. The zero-order valence-corrected chi connectivity index (χ0v) is 15.9. The minimum atomic E-state index is -0.228. The van der Waals surface area contributed by atoms with Crippen molar-refractivity contribution in [2.24, 2.45) is 0 Å². The number of amides is 2. The van der Waals surface area contributed by atoms with Crippen LogP contribution in [0.25, 0.3) is 0 Å². The summed E-state index contributed by atoms with van der Waals surface area (Å²) in [6.45, 7) is 4.94. The Bertz CT molecular complexity index is 661. The van der Waals surface area contributed by atoms with Gasteiger partial charge in [-0.05, 0) is 37.8 Å². The molecule has 2 fully saturated rings. The molecule has 27 heavy (non-hydrogen) atoms. The van der Waals surface area contributed by atoms with Gasteiger partial charge in [-0.3, -0.25) is 14.5 Å². The van der Waals surface area contributed by atoms with Gasteiger partial charge in [0.1, 0.15) is 5.82 Å². The summed E-state index contributed by atoms with van der Waals surface area (Å²) in [6, 6.07) is 7.02. The highest BCUT2D eigenvalue weighted by Crippen LogP contribution is 2.19. The Labute approximate surface area is 160 Å². The van der Waals surface area contributed by atoms with Gasteiger partial charge < -0.3 is 15.5 Å². The van der Waals surface area contributed by atoms with Gasteiger partial charge in [-0.25, -0.2) is 4.39 Å². The molecule has 1 atom stereocenters. The number of benzene rings is 1. The molecule has 2 aliphatic heterocycles. The van der Waals surface area contributed by atoms with E-state index in [2.05, 4.69) is 15.5 Å². The van der Waals surface area contributed by atoms with Gasteiger partial charge in [-0.2, -0.15) is 0 Å². The molecule has 2 N–H and O–H groups in total. The number of likely N-dealkylation sites (tertiary alicyclic amines) is 2. The number of nitrogens with zero attached hydrogens (tertiary/aromatic N) is 2. The minimum Gasteiger partial charge on any atom is -0.380 e. The van der Waals surface area contributed by atoms with Crippen molar-refractivity contribution in [2.75, 3.05) is 38.0 Å². The third kappa shape index (κ3) is 5.66. The van der Waals surface area contributed by atoms with Crippen LogP contribution in [0, 0.1) is 5.82 Å². The van der Waals surface area contributed by atoms with Crippen molar-refractivity contribution in [3.63, 3.8) is 0 Å². The molecule has 7 heteroatoms. The lowest BCUT2D eigenvalue weighted by Crippen LogP contribution is -2.52. The Hall–Kier alpha value is -2.15. The number of halogens is 1. The first kappa shape index (κ1) is 19.6. The molecule has 3 rings (SSSR count). The monoisotopic (exact) mass is 376 g/mol.